The molecule has 0 amide bonds. The van der Waals surface area contributed by atoms with Gasteiger partial charge in [-0.3, -0.25) is 14.4 Å². The summed E-state index contributed by atoms with van der Waals surface area (Å²) < 4.78 is 16.6. The van der Waals surface area contributed by atoms with Crippen molar-refractivity contribution < 1.29 is 28.6 Å². The van der Waals surface area contributed by atoms with Crippen LogP contribution in [0, 0.1) is 0 Å². The zero-order valence-corrected chi connectivity index (χ0v) is 38.2. The molecule has 0 aromatic rings. The molecule has 0 aliphatic rings. The van der Waals surface area contributed by atoms with Gasteiger partial charge in [-0.2, -0.15) is 0 Å². The largest absolute Gasteiger partial charge is 0.462 e. The molecule has 0 aromatic carbocycles. The molecule has 0 saturated heterocycles. The smallest absolute Gasteiger partial charge is 0.306 e. The number of hydrogen-bond donors (Lipinski definition) is 0. The quantitative estimate of drug-likeness (QED) is 0.0265. The predicted octanol–water partition coefficient (Wildman–Crippen LogP) is 15.4. The molecule has 1 unspecified atom stereocenters. The van der Waals surface area contributed by atoms with Crippen molar-refractivity contribution in [3.8, 4) is 0 Å². The standard InChI is InChI=1S/C54H84O6/c1-4-7-10-13-16-19-21-23-25-27-29-30-32-35-38-41-44-47-53(56)59-50-51(49-58-52(55)46-43-40-37-34-18-15-12-9-6-3)60-54(57)48-45-42-39-36-33-31-28-26-24-22-20-17-14-11-8-5-2/h7-8,10-11,16-17,19-20,23-26,29-31,33,35,38-39,42,51H,4-6,9,12-15,18,21-22,27-28,32,34,36-37,40-41,43-50H2,1-3H3/b10-7-,11-8-,19-16-,20-17-,25-23-,26-24-,30-29-,33-31-,38-35-,42-39-. The third kappa shape index (κ3) is 44.9. The van der Waals surface area contributed by atoms with E-state index in [1.165, 1.54) is 38.5 Å². The lowest BCUT2D eigenvalue weighted by atomic mass is 10.1. The molecule has 0 saturated carbocycles. The summed E-state index contributed by atoms with van der Waals surface area (Å²) in [7, 11) is 0. The Morgan fingerprint density at radius 3 is 1.08 bits per heavy atom. The maximum absolute atomic E-state index is 12.7. The SMILES string of the molecule is CC/C=C\C/C=C\C/C=C\C/C=C\C/C=C\CCCC(=O)OCC(COC(=O)CCCCCCCCCCC)OC(=O)CC/C=C\C/C=C\C/C=C\C/C=C\C/C=C\CC. The van der Waals surface area contributed by atoms with Crippen molar-refractivity contribution in [2.75, 3.05) is 13.2 Å². The second-order valence-corrected chi connectivity index (χ2v) is 14.9. The van der Waals surface area contributed by atoms with Crippen LogP contribution in [0.2, 0.25) is 0 Å². The van der Waals surface area contributed by atoms with E-state index in [4.69, 9.17) is 14.2 Å². The molecule has 0 aromatic heterocycles. The summed E-state index contributed by atoms with van der Waals surface area (Å²) in [6.45, 7) is 6.24. The number of esters is 3. The highest BCUT2D eigenvalue weighted by atomic mass is 16.6. The molecular weight excluding hydrogens is 745 g/mol. The van der Waals surface area contributed by atoms with E-state index in [2.05, 4.69) is 130 Å². The molecule has 6 heteroatoms. The molecule has 0 heterocycles. The average Bonchev–Trinajstić information content (AvgIpc) is 3.24. The molecule has 0 spiro atoms. The van der Waals surface area contributed by atoms with Crippen molar-refractivity contribution in [1.29, 1.82) is 0 Å². The first-order valence-electron chi connectivity index (χ1n) is 23.5. The summed E-state index contributed by atoms with van der Waals surface area (Å²) in [5, 5.41) is 0. The molecule has 336 valence electrons. The molecular formula is C54H84O6. The van der Waals surface area contributed by atoms with E-state index in [-0.39, 0.29) is 38.0 Å². The topological polar surface area (TPSA) is 78.9 Å². The fraction of sp³-hybridized carbons (Fsp3) is 0.574. The molecule has 0 aliphatic carbocycles. The van der Waals surface area contributed by atoms with E-state index in [0.29, 0.717) is 19.3 Å². The second kappa shape index (κ2) is 47.5. The Kier molecular flexibility index (Phi) is 44.2. The van der Waals surface area contributed by atoms with E-state index >= 15 is 0 Å². The number of carbonyl (C=O) groups excluding carboxylic acids is 3. The number of allylic oxidation sites excluding steroid dienone is 20. The van der Waals surface area contributed by atoms with Crippen LogP contribution < -0.4 is 0 Å². The summed E-state index contributed by atoms with van der Waals surface area (Å²) in [6, 6.07) is 0. The molecule has 0 radical (unpaired) electrons. The highest BCUT2D eigenvalue weighted by Gasteiger charge is 2.19. The van der Waals surface area contributed by atoms with E-state index < -0.39 is 12.1 Å². The van der Waals surface area contributed by atoms with Gasteiger partial charge >= 0.3 is 17.9 Å². The Hall–Kier alpha value is -4.19. The lowest BCUT2D eigenvalue weighted by molar-refractivity contribution is -0.166. The Morgan fingerprint density at radius 2 is 0.683 bits per heavy atom. The van der Waals surface area contributed by atoms with Crippen LogP contribution in [0.1, 0.15) is 181 Å². The van der Waals surface area contributed by atoms with Crippen molar-refractivity contribution in [2.45, 2.75) is 187 Å². The van der Waals surface area contributed by atoms with E-state index in [0.717, 1.165) is 89.9 Å². The minimum atomic E-state index is -0.840. The highest BCUT2D eigenvalue weighted by Crippen LogP contribution is 2.12. The Balaban J connectivity index is 4.59. The van der Waals surface area contributed by atoms with Crippen LogP contribution in [0.4, 0.5) is 0 Å². The fourth-order valence-electron chi connectivity index (χ4n) is 5.76. The first-order chi connectivity index (χ1) is 29.5. The van der Waals surface area contributed by atoms with Gasteiger partial charge in [0.2, 0.25) is 0 Å². The van der Waals surface area contributed by atoms with Crippen LogP contribution in [0.15, 0.2) is 122 Å². The monoisotopic (exact) mass is 829 g/mol. The summed E-state index contributed by atoms with van der Waals surface area (Å²) in [5.74, 6) is -1.09. The molecule has 0 fully saturated rings. The number of hydrogen-bond acceptors (Lipinski definition) is 6. The summed E-state index contributed by atoms with van der Waals surface area (Å²) >= 11 is 0. The lowest BCUT2D eigenvalue weighted by Crippen LogP contribution is -2.30. The maximum atomic E-state index is 12.7. The number of carbonyl (C=O) groups is 3. The van der Waals surface area contributed by atoms with E-state index in [1.54, 1.807) is 0 Å². The van der Waals surface area contributed by atoms with Gasteiger partial charge in [0.25, 0.3) is 0 Å². The van der Waals surface area contributed by atoms with Crippen molar-refractivity contribution in [3.05, 3.63) is 122 Å². The zero-order valence-electron chi connectivity index (χ0n) is 38.2. The van der Waals surface area contributed by atoms with Crippen molar-refractivity contribution in [3.63, 3.8) is 0 Å². The molecule has 1 atom stereocenters. The normalized spacial score (nSPS) is 13.2. The summed E-state index contributed by atoms with van der Waals surface area (Å²) in [5.41, 5.74) is 0. The van der Waals surface area contributed by atoms with Crippen LogP contribution in [0.25, 0.3) is 0 Å². The van der Waals surface area contributed by atoms with Gasteiger partial charge in [-0.05, 0) is 89.9 Å². The molecule has 0 rings (SSSR count). The van der Waals surface area contributed by atoms with Gasteiger partial charge in [-0.25, -0.2) is 0 Å². The Labute approximate surface area is 367 Å². The molecule has 0 N–H and O–H groups in total. The third-order valence-electron chi connectivity index (χ3n) is 9.23. The van der Waals surface area contributed by atoms with Crippen LogP contribution in [-0.4, -0.2) is 37.2 Å². The van der Waals surface area contributed by atoms with E-state index in [9.17, 15) is 14.4 Å². The minimum absolute atomic E-state index is 0.128. The lowest BCUT2D eigenvalue weighted by Gasteiger charge is -2.18. The van der Waals surface area contributed by atoms with Gasteiger partial charge in [0.05, 0.1) is 0 Å². The first kappa shape index (κ1) is 55.8. The van der Waals surface area contributed by atoms with Gasteiger partial charge in [0, 0.05) is 19.3 Å². The van der Waals surface area contributed by atoms with Crippen molar-refractivity contribution in [1.82, 2.24) is 0 Å². The number of unbranched alkanes of at least 4 members (excludes halogenated alkanes) is 9. The predicted molar refractivity (Wildman–Crippen MR) is 256 cm³/mol. The van der Waals surface area contributed by atoms with Gasteiger partial charge in [-0.15, -0.1) is 0 Å². The molecule has 6 nitrogen and oxygen atoms in total. The third-order valence-corrected chi connectivity index (χ3v) is 9.23. The van der Waals surface area contributed by atoms with E-state index in [1.807, 2.05) is 12.2 Å². The van der Waals surface area contributed by atoms with Gasteiger partial charge in [0.15, 0.2) is 6.10 Å². The Morgan fingerprint density at radius 1 is 0.350 bits per heavy atom. The molecule has 0 bridgehead atoms. The summed E-state index contributed by atoms with van der Waals surface area (Å²) in [4.78, 5) is 37.7. The molecule has 60 heavy (non-hydrogen) atoms. The van der Waals surface area contributed by atoms with Crippen LogP contribution >= 0.6 is 0 Å². The highest BCUT2D eigenvalue weighted by molar-refractivity contribution is 5.71. The van der Waals surface area contributed by atoms with Gasteiger partial charge < -0.3 is 14.2 Å². The Bertz CT molecular complexity index is 1320. The zero-order chi connectivity index (χ0) is 43.7. The summed E-state index contributed by atoms with van der Waals surface area (Å²) in [6.07, 6.45) is 64.9. The minimum Gasteiger partial charge on any atom is -0.462 e. The average molecular weight is 829 g/mol. The fourth-order valence-corrected chi connectivity index (χ4v) is 5.76. The number of ether oxygens (including phenoxy) is 3. The first-order valence-corrected chi connectivity index (χ1v) is 23.5. The van der Waals surface area contributed by atoms with Crippen LogP contribution in [-0.2, 0) is 28.6 Å². The second-order valence-electron chi connectivity index (χ2n) is 14.9. The molecule has 0 aliphatic heterocycles. The van der Waals surface area contributed by atoms with Crippen molar-refractivity contribution >= 4 is 17.9 Å². The van der Waals surface area contributed by atoms with Crippen LogP contribution in [0.5, 0.6) is 0 Å². The number of rotatable bonds is 40. The van der Waals surface area contributed by atoms with Gasteiger partial charge in [0.1, 0.15) is 13.2 Å². The maximum Gasteiger partial charge on any atom is 0.306 e. The van der Waals surface area contributed by atoms with Crippen molar-refractivity contribution in [2.24, 2.45) is 0 Å². The van der Waals surface area contributed by atoms with Crippen LogP contribution in [0.3, 0.4) is 0 Å². The van der Waals surface area contributed by atoms with Gasteiger partial charge in [-0.1, -0.05) is 194 Å².